The van der Waals surface area contributed by atoms with Gasteiger partial charge in [0.15, 0.2) is 5.92 Å². The third-order valence-corrected chi connectivity index (χ3v) is 1.67. The molecule has 4 nitrogen and oxygen atoms in total. The molecule has 0 spiro atoms. The van der Waals surface area contributed by atoms with Gasteiger partial charge in [0.2, 0.25) is 5.91 Å². The van der Waals surface area contributed by atoms with E-state index in [1.165, 1.54) is 19.0 Å². The van der Waals surface area contributed by atoms with Gasteiger partial charge in [0.25, 0.3) is 0 Å². The van der Waals surface area contributed by atoms with Crippen LogP contribution in [0.5, 0.6) is 0 Å². The molecule has 0 saturated heterocycles. The minimum Gasteiger partial charge on any atom is -0.348 e. The van der Waals surface area contributed by atoms with E-state index in [1.807, 2.05) is 0 Å². The number of hydrogen-bond donors (Lipinski definition) is 1. The topological polar surface area (TPSA) is 56.1 Å². The molecule has 0 fully saturated rings. The second-order valence-electron chi connectivity index (χ2n) is 3.14. The normalized spacial score (nSPS) is 13.1. The van der Waals surface area contributed by atoms with Gasteiger partial charge >= 0.3 is 6.18 Å². The number of rotatable bonds is 4. The van der Waals surface area contributed by atoms with Gasteiger partial charge in [0.1, 0.15) is 0 Å². The molecule has 0 heterocycles. The van der Waals surface area contributed by atoms with Gasteiger partial charge in [-0.05, 0) is 0 Å². The lowest BCUT2D eigenvalue weighted by Crippen LogP contribution is -2.38. The van der Waals surface area contributed by atoms with Crippen LogP contribution in [0.4, 0.5) is 13.2 Å². The first-order valence-electron chi connectivity index (χ1n) is 4.16. The average Bonchev–Trinajstić information content (AvgIpc) is 2.09. The molecular weight excluding hydrogens is 211 g/mol. The molecule has 0 aromatic rings. The van der Waals surface area contributed by atoms with E-state index < -0.39 is 18.6 Å². The summed E-state index contributed by atoms with van der Waals surface area (Å²) < 4.78 is 36.1. The van der Waals surface area contributed by atoms with Crippen LogP contribution in [0.1, 0.15) is 0 Å². The highest BCUT2D eigenvalue weighted by Crippen LogP contribution is 2.24. The number of likely N-dealkylation sites (N-methyl/N-ethyl adjacent to an activating group) is 1. The van der Waals surface area contributed by atoms with Crippen LogP contribution >= 0.6 is 0 Å². The molecule has 0 saturated carbocycles. The summed E-state index contributed by atoms with van der Waals surface area (Å²) in [5.41, 5.74) is 0. The third kappa shape index (κ3) is 5.22. The molecule has 0 aromatic heterocycles. The monoisotopic (exact) mass is 223 g/mol. The maximum atomic E-state index is 12.0. The van der Waals surface area contributed by atoms with Crippen molar-refractivity contribution in [2.24, 2.45) is 5.92 Å². The van der Waals surface area contributed by atoms with E-state index in [-0.39, 0.29) is 12.5 Å². The van der Waals surface area contributed by atoms with Crippen LogP contribution < -0.4 is 5.32 Å². The second-order valence-corrected chi connectivity index (χ2v) is 3.14. The van der Waals surface area contributed by atoms with Crippen molar-refractivity contribution >= 4 is 5.91 Å². The molecule has 0 rings (SSSR count). The van der Waals surface area contributed by atoms with Gasteiger partial charge in [-0.15, -0.1) is 0 Å². The smallest absolute Gasteiger partial charge is 0.348 e. The summed E-state index contributed by atoms with van der Waals surface area (Å²) in [5.74, 6) is -2.42. The van der Waals surface area contributed by atoms with Crippen LogP contribution in [0.3, 0.4) is 0 Å². The summed E-state index contributed by atoms with van der Waals surface area (Å²) in [6, 6.07) is 1.13. The molecule has 0 bridgehead atoms. The standard InChI is InChI=1S/C8H12F3N3O/c1-14(2)7(15)5-13-4-6(3-12)8(9,10)11/h6,13H,4-5H2,1-2H3. The fraction of sp³-hybridized carbons (Fsp3) is 0.750. The summed E-state index contributed by atoms with van der Waals surface area (Å²) in [7, 11) is 2.99. The highest BCUT2D eigenvalue weighted by molar-refractivity contribution is 5.77. The van der Waals surface area contributed by atoms with Gasteiger partial charge < -0.3 is 10.2 Å². The first-order valence-corrected chi connectivity index (χ1v) is 4.16. The number of halogens is 3. The summed E-state index contributed by atoms with van der Waals surface area (Å²) >= 11 is 0. The SMILES string of the molecule is CN(C)C(=O)CNCC(C#N)C(F)(F)F. The molecule has 0 radical (unpaired) electrons. The number of carbonyl (C=O) groups is 1. The van der Waals surface area contributed by atoms with Crippen molar-refractivity contribution < 1.29 is 18.0 Å². The number of alkyl halides is 3. The van der Waals surface area contributed by atoms with Crippen LogP contribution in [0, 0.1) is 17.2 Å². The van der Waals surface area contributed by atoms with Gasteiger partial charge in [-0.25, -0.2) is 0 Å². The van der Waals surface area contributed by atoms with E-state index in [9.17, 15) is 18.0 Å². The quantitative estimate of drug-likeness (QED) is 0.749. The van der Waals surface area contributed by atoms with Gasteiger partial charge in [0.05, 0.1) is 12.6 Å². The van der Waals surface area contributed by atoms with Crippen molar-refractivity contribution in [3.63, 3.8) is 0 Å². The number of hydrogen-bond acceptors (Lipinski definition) is 3. The van der Waals surface area contributed by atoms with E-state index in [2.05, 4.69) is 5.32 Å². The molecule has 15 heavy (non-hydrogen) atoms. The Kier molecular flexibility index (Phi) is 5.08. The Bertz CT molecular complexity index is 257. The highest BCUT2D eigenvalue weighted by atomic mass is 19.4. The van der Waals surface area contributed by atoms with E-state index in [0.717, 1.165) is 6.07 Å². The summed E-state index contributed by atoms with van der Waals surface area (Å²) in [6.07, 6.45) is -4.55. The Morgan fingerprint density at radius 1 is 1.53 bits per heavy atom. The van der Waals surface area contributed by atoms with Gasteiger partial charge in [-0.3, -0.25) is 4.79 Å². The first-order chi connectivity index (χ1) is 6.79. The molecule has 0 aliphatic heterocycles. The van der Waals surface area contributed by atoms with Gasteiger partial charge in [-0.2, -0.15) is 18.4 Å². The maximum Gasteiger partial charge on any atom is 0.405 e. The van der Waals surface area contributed by atoms with Gasteiger partial charge in [0, 0.05) is 20.6 Å². The number of nitriles is 1. The summed E-state index contributed by atoms with van der Waals surface area (Å²) in [6.45, 7) is -0.777. The lowest BCUT2D eigenvalue weighted by molar-refractivity contribution is -0.158. The Balaban J connectivity index is 3.96. The lowest BCUT2D eigenvalue weighted by atomic mass is 10.1. The van der Waals surface area contributed by atoms with Crippen molar-refractivity contribution in [2.75, 3.05) is 27.2 Å². The van der Waals surface area contributed by atoms with Crippen molar-refractivity contribution in [1.82, 2.24) is 10.2 Å². The van der Waals surface area contributed by atoms with Crippen molar-refractivity contribution in [3.8, 4) is 6.07 Å². The molecular formula is C8H12F3N3O. The predicted octanol–water partition coefficient (Wildman–Crippen LogP) is 0.366. The lowest BCUT2D eigenvalue weighted by Gasteiger charge is -2.15. The van der Waals surface area contributed by atoms with Crippen molar-refractivity contribution in [1.29, 1.82) is 5.26 Å². The summed E-state index contributed by atoms with van der Waals surface area (Å²) in [4.78, 5) is 12.2. The van der Waals surface area contributed by atoms with E-state index in [0.29, 0.717) is 0 Å². The third-order valence-electron chi connectivity index (χ3n) is 1.67. The molecule has 1 amide bonds. The largest absolute Gasteiger partial charge is 0.405 e. The van der Waals surface area contributed by atoms with E-state index in [1.54, 1.807) is 0 Å². The van der Waals surface area contributed by atoms with E-state index in [4.69, 9.17) is 5.26 Å². The Morgan fingerprint density at radius 2 is 2.07 bits per heavy atom. The molecule has 1 N–H and O–H groups in total. The first kappa shape index (κ1) is 13.7. The average molecular weight is 223 g/mol. The van der Waals surface area contributed by atoms with Crippen LogP contribution in [-0.4, -0.2) is 44.2 Å². The molecule has 0 aliphatic carbocycles. The maximum absolute atomic E-state index is 12.0. The number of amides is 1. The molecule has 7 heteroatoms. The molecule has 0 aromatic carbocycles. The molecule has 0 aliphatic rings. The fourth-order valence-electron chi connectivity index (χ4n) is 0.716. The zero-order valence-electron chi connectivity index (χ0n) is 8.43. The molecule has 1 atom stereocenters. The summed E-state index contributed by atoms with van der Waals surface area (Å²) in [5, 5.41) is 10.5. The minimum atomic E-state index is -4.55. The Morgan fingerprint density at radius 3 is 2.40 bits per heavy atom. The minimum absolute atomic E-state index is 0.207. The van der Waals surface area contributed by atoms with Crippen molar-refractivity contribution in [2.45, 2.75) is 6.18 Å². The van der Waals surface area contributed by atoms with Crippen LogP contribution in [0.15, 0.2) is 0 Å². The Labute approximate surface area is 85.7 Å². The Hall–Kier alpha value is -1.29. The van der Waals surface area contributed by atoms with Crippen LogP contribution in [0.2, 0.25) is 0 Å². The number of nitrogens with zero attached hydrogens (tertiary/aromatic N) is 2. The van der Waals surface area contributed by atoms with Gasteiger partial charge in [-0.1, -0.05) is 0 Å². The van der Waals surface area contributed by atoms with Crippen molar-refractivity contribution in [3.05, 3.63) is 0 Å². The van der Waals surface area contributed by atoms with E-state index >= 15 is 0 Å². The van der Waals surface area contributed by atoms with Crippen LogP contribution in [0.25, 0.3) is 0 Å². The molecule has 1 unspecified atom stereocenters. The van der Waals surface area contributed by atoms with Crippen LogP contribution in [-0.2, 0) is 4.79 Å². The molecule has 86 valence electrons. The fourth-order valence-corrected chi connectivity index (χ4v) is 0.716. The number of carbonyl (C=O) groups excluding carboxylic acids is 1. The second kappa shape index (κ2) is 5.56. The predicted molar refractivity (Wildman–Crippen MR) is 46.7 cm³/mol. The zero-order valence-corrected chi connectivity index (χ0v) is 8.43. The number of nitrogens with one attached hydrogen (secondary N) is 1. The zero-order chi connectivity index (χ0) is 12.1. The highest BCUT2D eigenvalue weighted by Gasteiger charge is 2.39.